The molecule has 2 aliphatic heterocycles. The van der Waals surface area contributed by atoms with Gasteiger partial charge in [-0.05, 0) is 11.6 Å². The van der Waals surface area contributed by atoms with Gasteiger partial charge in [0.25, 0.3) is 5.91 Å². The van der Waals surface area contributed by atoms with E-state index >= 15 is 0 Å². The van der Waals surface area contributed by atoms with E-state index in [-0.39, 0.29) is 36.1 Å². The van der Waals surface area contributed by atoms with Crippen LogP contribution >= 0.6 is 0 Å². The summed E-state index contributed by atoms with van der Waals surface area (Å²) in [6.45, 7) is -0.122. The molecule has 0 bridgehead atoms. The molecule has 3 heterocycles. The van der Waals surface area contributed by atoms with Crippen LogP contribution in [0.4, 0.5) is 5.69 Å². The van der Waals surface area contributed by atoms with Crippen molar-refractivity contribution in [3.63, 3.8) is 0 Å². The molecule has 35 heavy (non-hydrogen) atoms. The molecule has 1 fully saturated rings. The molecule has 2 aliphatic rings. The Kier molecular flexibility index (Phi) is 5.43. The fourth-order valence-corrected chi connectivity index (χ4v) is 4.71. The Hall–Kier alpha value is -4.34. The van der Waals surface area contributed by atoms with Crippen molar-refractivity contribution in [1.29, 1.82) is 0 Å². The second kappa shape index (κ2) is 8.46. The summed E-state index contributed by atoms with van der Waals surface area (Å²) in [7, 11) is 6.17. The summed E-state index contributed by atoms with van der Waals surface area (Å²) in [5.74, 6) is 0.451. The first-order valence-electron chi connectivity index (χ1n) is 10.9. The number of ether oxygens (including phenoxy) is 4. The largest absolute Gasteiger partial charge is 0.497 e. The van der Waals surface area contributed by atoms with Crippen molar-refractivity contribution in [3.8, 4) is 23.5 Å². The summed E-state index contributed by atoms with van der Waals surface area (Å²) in [5, 5.41) is 0. The third kappa shape index (κ3) is 3.32. The van der Waals surface area contributed by atoms with Crippen molar-refractivity contribution in [2.75, 3.05) is 39.8 Å². The molecule has 0 aliphatic carbocycles. The van der Waals surface area contributed by atoms with Gasteiger partial charge in [0.05, 0.1) is 33.1 Å². The van der Waals surface area contributed by atoms with Gasteiger partial charge in [0.2, 0.25) is 23.8 Å². The maximum absolute atomic E-state index is 13.5. The molecule has 1 saturated heterocycles. The third-order valence-corrected chi connectivity index (χ3v) is 6.45. The lowest BCUT2D eigenvalue weighted by Crippen LogP contribution is -2.74. The van der Waals surface area contributed by atoms with Crippen LogP contribution in [0, 0.1) is 0 Å². The van der Waals surface area contributed by atoms with Crippen LogP contribution in [0.5, 0.6) is 23.5 Å². The van der Waals surface area contributed by atoms with E-state index < -0.39 is 11.6 Å². The smallest absolute Gasteiger partial charge is 0.323 e. The zero-order valence-electron chi connectivity index (χ0n) is 19.7. The highest BCUT2D eigenvalue weighted by molar-refractivity contribution is 6.04. The van der Waals surface area contributed by atoms with Crippen LogP contribution in [0.15, 0.2) is 54.6 Å². The summed E-state index contributed by atoms with van der Waals surface area (Å²) in [4.78, 5) is 38.2. The highest BCUT2D eigenvalue weighted by Gasteiger charge is 2.66. The van der Waals surface area contributed by atoms with Gasteiger partial charge in [-0.1, -0.05) is 36.4 Å². The average Bonchev–Trinajstić information content (AvgIpc) is 2.99. The summed E-state index contributed by atoms with van der Waals surface area (Å²) in [6, 6.07) is 16.4. The number of anilines is 1. The van der Waals surface area contributed by atoms with Gasteiger partial charge in [-0.2, -0.15) is 9.97 Å². The molecule has 2 amide bonds. The molecule has 0 unspecified atom stereocenters. The second-order valence-corrected chi connectivity index (χ2v) is 8.13. The monoisotopic (exact) mass is 476 g/mol. The molecule has 10 heteroatoms. The third-order valence-electron chi connectivity index (χ3n) is 6.45. The lowest BCUT2D eigenvalue weighted by Gasteiger charge is -2.55. The number of β-lactam (4-membered cyclic amide) rings is 1. The maximum atomic E-state index is 13.5. The van der Waals surface area contributed by atoms with Crippen molar-refractivity contribution in [3.05, 3.63) is 65.7 Å². The number of carbonyl (C=O) groups excluding carboxylic acids is 2. The van der Waals surface area contributed by atoms with Crippen molar-refractivity contribution >= 4 is 17.5 Å². The van der Waals surface area contributed by atoms with Crippen molar-refractivity contribution in [1.82, 2.24) is 14.9 Å². The summed E-state index contributed by atoms with van der Waals surface area (Å²) >= 11 is 0. The number of fused-ring (bicyclic) bond motifs is 3. The van der Waals surface area contributed by atoms with Gasteiger partial charge in [-0.3, -0.25) is 9.59 Å². The Balaban J connectivity index is 1.73. The maximum Gasteiger partial charge on any atom is 0.323 e. The van der Waals surface area contributed by atoms with Crippen LogP contribution in [0.2, 0.25) is 0 Å². The fraction of sp³-hybridized carbons (Fsp3) is 0.280. The molecule has 0 N–H and O–H groups in total. The molecule has 1 aromatic heterocycles. The van der Waals surface area contributed by atoms with E-state index in [4.69, 9.17) is 18.9 Å². The summed E-state index contributed by atoms with van der Waals surface area (Å²) in [5.41, 5.74) is 1.01. The first-order chi connectivity index (χ1) is 16.9. The molecule has 0 saturated carbocycles. The van der Waals surface area contributed by atoms with Crippen LogP contribution in [0.3, 0.4) is 0 Å². The second-order valence-electron chi connectivity index (χ2n) is 8.13. The minimum Gasteiger partial charge on any atom is -0.497 e. The molecule has 5 rings (SSSR count). The topological polar surface area (TPSA) is 103 Å². The standard InChI is InChI=1S/C25H24N4O6/c1-28-18-12-16(32-2)10-11-17(18)25(15-8-6-5-7-9-15)22(23(31)29(25)14-21(28)30)35-24-26-19(33-3)13-20(27-24)34-4/h5-13,22H,14H2,1-4H3/t22-,25+/m1/s1. The quantitative estimate of drug-likeness (QED) is 0.498. The minimum absolute atomic E-state index is 0.0755. The molecule has 180 valence electrons. The van der Waals surface area contributed by atoms with Gasteiger partial charge in [0.1, 0.15) is 17.8 Å². The Labute approximate surface area is 202 Å². The lowest BCUT2D eigenvalue weighted by atomic mass is 9.69. The molecular formula is C25H24N4O6. The van der Waals surface area contributed by atoms with E-state index in [2.05, 4.69) is 9.97 Å². The molecule has 3 aromatic rings. The highest BCUT2D eigenvalue weighted by Crippen LogP contribution is 2.53. The predicted octanol–water partition coefficient (Wildman–Crippen LogP) is 2.01. The number of hydrogen-bond donors (Lipinski definition) is 0. The Morgan fingerprint density at radius 1 is 0.914 bits per heavy atom. The Morgan fingerprint density at radius 3 is 2.23 bits per heavy atom. The fourth-order valence-electron chi connectivity index (χ4n) is 4.71. The minimum atomic E-state index is -1.11. The molecule has 0 radical (unpaired) electrons. The molecule has 2 atom stereocenters. The average molecular weight is 476 g/mol. The van der Waals surface area contributed by atoms with Gasteiger partial charge < -0.3 is 28.7 Å². The van der Waals surface area contributed by atoms with E-state index in [1.165, 1.54) is 25.2 Å². The van der Waals surface area contributed by atoms with Crippen LogP contribution in [-0.2, 0) is 15.1 Å². The van der Waals surface area contributed by atoms with E-state index in [1.807, 2.05) is 36.4 Å². The number of nitrogens with zero attached hydrogens (tertiary/aromatic N) is 4. The number of methoxy groups -OCH3 is 3. The Bertz CT molecular complexity index is 1280. The SMILES string of the molecule is COc1ccc2c(c1)N(C)C(=O)CN1C(=O)[C@@H](Oc3nc(OC)cc(OC)n3)[C@]21c1ccccc1. The Morgan fingerprint density at radius 2 is 1.60 bits per heavy atom. The van der Waals surface area contributed by atoms with E-state index in [0.29, 0.717) is 11.4 Å². The van der Waals surface area contributed by atoms with E-state index in [0.717, 1.165) is 11.1 Å². The number of aromatic nitrogens is 2. The first-order valence-corrected chi connectivity index (χ1v) is 10.9. The van der Waals surface area contributed by atoms with E-state index in [9.17, 15) is 9.59 Å². The molecule has 0 spiro atoms. The summed E-state index contributed by atoms with van der Waals surface area (Å²) < 4.78 is 22.1. The number of rotatable bonds is 6. The zero-order chi connectivity index (χ0) is 24.7. The van der Waals surface area contributed by atoms with E-state index in [1.54, 1.807) is 31.2 Å². The number of likely N-dealkylation sites (N-methyl/N-ethyl adjacent to an activating group) is 1. The molecular weight excluding hydrogens is 452 g/mol. The lowest BCUT2D eigenvalue weighted by molar-refractivity contribution is -0.178. The first kappa shape index (κ1) is 22.5. The van der Waals surface area contributed by atoms with Crippen LogP contribution in [0.25, 0.3) is 0 Å². The van der Waals surface area contributed by atoms with Gasteiger partial charge >= 0.3 is 6.01 Å². The number of amides is 2. The number of carbonyl (C=O) groups is 2. The van der Waals surface area contributed by atoms with Crippen molar-refractivity contribution in [2.24, 2.45) is 0 Å². The van der Waals surface area contributed by atoms with Crippen LogP contribution < -0.4 is 23.8 Å². The van der Waals surface area contributed by atoms with Gasteiger partial charge in [0.15, 0.2) is 0 Å². The zero-order valence-corrected chi connectivity index (χ0v) is 19.7. The molecule has 2 aromatic carbocycles. The van der Waals surface area contributed by atoms with Crippen LogP contribution in [-0.4, -0.2) is 67.7 Å². The van der Waals surface area contributed by atoms with Gasteiger partial charge in [-0.15, -0.1) is 0 Å². The number of benzene rings is 2. The van der Waals surface area contributed by atoms with Crippen molar-refractivity contribution in [2.45, 2.75) is 11.6 Å². The predicted molar refractivity (Wildman–Crippen MR) is 125 cm³/mol. The summed E-state index contributed by atoms with van der Waals surface area (Å²) in [6.07, 6.45) is -1.05. The normalized spacial score (nSPS) is 20.9. The van der Waals surface area contributed by atoms with Crippen molar-refractivity contribution < 1.29 is 28.5 Å². The highest BCUT2D eigenvalue weighted by atomic mass is 16.5. The molecule has 10 nitrogen and oxygen atoms in total. The number of hydrogen-bond acceptors (Lipinski definition) is 8. The van der Waals surface area contributed by atoms with Crippen LogP contribution in [0.1, 0.15) is 11.1 Å². The van der Waals surface area contributed by atoms with Gasteiger partial charge in [0, 0.05) is 18.7 Å². The van der Waals surface area contributed by atoms with Gasteiger partial charge in [-0.25, -0.2) is 0 Å².